The van der Waals surface area contributed by atoms with Gasteiger partial charge in [0.15, 0.2) is 10.6 Å². The molecule has 5 rings (SSSR count). The first-order valence-electron chi connectivity index (χ1n) is 11.1. The summed E-state index contributed by atoms with van der Waals surface area (Å²) in [6.45, 7) is 4.76. The molecule has 0 atom stereocenters. The second kappa shape index (κ2) is 9.13. The molecule has 3 aromatic rings. The zero-order valence-corrected chi connectivity index (χ0v) is 19.1. The summed E-state index contributed by atoms with van der Waals surface area (Å²) in [6.07, 6.45) is 2.12. The summed E-state index contributed by atoms with van der Waals surface area (Å²) in [4.78, 5) is 4.53. The van der Waals surface area contributed by atoms with Gasteiger partial charge < -0.3 is 9.64 Å². The van der Waals surface area contributed by atoms with Crippen LogP contribution in [0.5, 0.6) is 0 Å². The Balaban J connectivity index is 1.31. The summed E-state index contributed by atoms with van der Waals surface area (Å²) in [5.74, 6) is 0.356. The highest BCUT2D eigenvalue weighted by atomic mass is 32.1. The van der Waals surface area contributed by atoms with Crippen molar-refractivity contribution in [1.29, 1.82) is 0 Å². The molecule has 1 saturated heterocycles. The molecule has 1 aliphatic carbocycles. The van der Waals surface area contributed by atoms with Crippen LogP contribution in [-0.4, -0.2) is 52.6 Å². The zero-order valence-electron chi connectivity index (χ0n) is 18.3. The maximum Gasteiger partial charge on any atom is 0.199 e. The van der Waals surface area contributed by atoms with Crippen molar-refractivity contribution < 1.29 is 9.13 Å². The van der Waals surface area contributed by atoms with Gasteiger partial charge in [0.05, 0.1) is 25.4 Å². The van der Waals surface area contributed by atoms with E-state index in [0.29, 0.717) is 28.9 Å². The van der Waals surface area contributed by atoms with Crippen molar-refractivity contribution in [3.8, 4) is 11.4 Å². The highest BCUT2D eigenvalue weighted by molar-refractivity contribution is 7.71. The lowest BCUT2D eigenvalue weighted by atomic mass is 10.2. The van der Waals surface area contributed by atoms with Gasteiger partial charge >= 0.3 is 0 Å². The molecule has 6 nitrogen and oxygen atoms in total. The lowest BCUT2D eigenvalue weighted by Gasteiger charge is -2.29. The number of nitrogens with zero attached hydrogens (tertiary/aromatic N) is 5. The third-order valence-corrected chi connectivity index (χ3v) is 6.45. The van der Waals surface area contributed by atoms with Crippen LogP contribution in [0.4, 0.5) is 10.1 Å². The normalized spacial score (nSPS) is 16.7. The van der Waals surface area contributed by atoms with Crippen LogP contribution >= 0.6 is 12.2 Å². The summed E-state index contributed by atoms with van der Waals surface area (Å²) in [5, 5.41) is 4.73. The van der Waals surface area contributed by atoms with Crippen molar-refractivity contribution in [2.24, 2.45) is 0 Å². The second-order valence-electron chi connectivity index (χ2n) is 8.61. The summed E-state index contributed by atoms with van der Waals surface area (Å²) >= 11 is 5.74. The minimum absolute atomic E-state index is 0.268. The van der Waals surface area contributed by atoms with Gasteiger partial charge in [-0.2, -0.15) is 5.10 Å². The van der Waals surface area contributed by atoms with E-state index in [1.165, 1.54) is 17.3 Å². The predicted molar refractivity (Wildman–Crippen MR) is 126 cm³/mol. The molecule has 2 fully saturated rings. The molecule has 0 amide bonds. The van der Waals surface area contributed by atoms with Gasteiger partial charge in [-0.15, -0.1) is 0 Å². The topological polar surface area (TPSA) is 38.5 Å². The van der Waals surface area contributed by atoms with Gasteiger partial charge in [0.1, 0.15) is 5.82 Å². The number of halogens is 1. The predicted octanol–water partition coefficient (Wildman–Crippen LogP) is 4.48. The fraction of sp³-hybridized carbons (Fsp3) is 0.417. The first kappa shape index (κ1) is 21.3. The second-order valence-corrected chi connectivity index (χ2v) is 8.97. The monoisotopic (exact) mass is 453 g/mol. The Bertz CT molecular complexity index is 1130. The molecule has 2 aromatic carbocycles. The Hall–Kier alpha value is -2.55. The van der Waals surface area contributed by atoms with Crippen LogP contribution < -0.4 is 4.90 Å². The largest absolute Gasteiger partial charge is 0.378 e. The van der Waals surface area contributed by atoms with Gasteiger partial charge in [0.2, 0.25) is 0 Å². The SMILES string of the molecule is CN(Cc1ccc(N2CCOCC2)cc1)Cn1nc(-c2ccccc2F)n(C2CC2)c1=S. The highest BCUT2D eigenvalue weighted by Crippen LogP contribution is 2.39. The first-order valence-corrected chi connectivity index (χ1v) is 11.6. The van der Waals surface area contributed by atoms with Gasteiger partial charge in [-0.05, 0) is 61.9 Å². The molecule has 1 saturated carbocycles. The number of ether oxygens (including phenoxy) is 1. The van der Waals surface area contributed by atoms with Gasteiger partial charge in [-0.3, -0.25) is 9.47 Å². The maximum absolute atomic E-state index is 14.5. The van der Waals surface area contributed by atoms with Crippen LogP contribution in [0.2, 0.25) is 0 Å². The number of morpholine rings is 1. The van der Waals surface area contributed by atoms with Gasteiger partial charge in [-0.25, -0.2) is 9.07 Å². The van der Waals surface area contributed by atoms with Crippen LogP contribution in [0.1, 0.15) is 24.4 Å². The van der Waals surface area contributed by atoms with Crippen LogP contribution in [0.25, 0.3) is 11.4 Å². The molecule has 0 radical (unpaired) electrons. The number of aromatic nitrogens is 3. The van der Waals surface area contributed by atoms with Crippen molar-refractivity contribution in [3.05, 3.63) is 64.7 Å². The van der Waals surface area contributed by atoms with E-state index in [2.05, 4.69) is 41.1 Å². The highest BCUT2D eigenvalue weighted by Gasteiger charge is 2.30. The van der Waals surface area contributed by atoms with Crippen molar-refractivity contribution >= 4 is 17.9 Å². The number of hydrogen-bond acceptors (Lipinski definition) is 5. The summed E-state index contributed by atoms with van der Waals surface area (Å²) in [7, 11) is 2.05. The fourth-order valence-electron chi connectivity index (χ4n) is 4.22. The molecule has 0 unspecified atom stereocenters. The molecule has 168 valence electrons. The number of hydrogen-bond donors (Lipinski definition) is 0. The summed E-state index contributed by atoms with van der Waals surface area (Å²) < 4.78 is 24.4. The molecule has 2 aliphatic rings. The molecule has 0 N–H and O–H groups in total. The summed E-state index contributed by atoms with van der Waals surface area (Å²) in [6, 6.07) is 15.8. The summed E-state index contributed by atoms with van der Waals surface area (Å²) in [5.41, 5.74) is 2.97. The van der Waals surface area contributed by atoms with Crippen molar-refractivity contribution in [1.82, 2.24) is 19.2 Å². The molecular formula is C24H28FN5OS. The van der Waals surface area contributed by atoms with E-state index in [1.54, 1.807) is 12.1 Å². The van der Waals surface area contributed by atoms with E-state index < -0.39 is 0 Å². The van der Waals surface area contributed by atoms with Crippen LogP contribution in [-0.2, 0) is 18.0 Å². The Labute approximate surface area is 192 Å². The van der Waals surface area contributed by atoms with Gasteiger partial charge in [0, 0.05) is 31.4 Å². The Kier molecular flexibility index (Phi) is 6.08. The molecule has 0 spiro atoms. The molecule has 8 heteroatoms. The number of anilines is 1. The van der Waals surface area contributed by atoms with Crippen LogP contribution in [0.15, 0.2) is 48.5 Å². The third-order valence-electron chi connectivity index (χ3n) is 6.04. The van der Waals surface area contributed by atoms with E-state index in [-0.39, 0.29) is 5.82 Å². The lowest BCUT2D eigenvalue weighted by Crippen LogP contribution is -2.36. The van der Waals surface area contributed by atoms with E-state index >= 15 is 0 Å². The quantitative estimate of drug-likeness (QED) is 0.493. The van der Waals surface area contributed by atoms with Crippen molar-refractivity contribution in [2.75, 3.05) is 38.3 Å². The Morgan fingerprint density at radius 2 is 1.81 bits per heavy atom. The fourth-order valence-corrected chi connectivity index (χ4v) is 4.56. The Morgan fingerprint density at radius 3 is 2.50 bits per heavy atom. The molecule has 0 bridgehead atoms. The molecule has 2 heterocycles. The van der Waals surface area contributed by atoms with Crippen LogP contribution in [0, 0.1) is 10.6 Å². The molecule has 1 aliphatic heterocycles. The minimum atomic E-state index is -0.268. The van der Waals surface area contributed by atoms with Gasteiger partial charge in [-0.1, -0.05) is 24.3 Å². The zero-order chi connectivity index (χ0) is 22.1. The van der Waals surface area contributed by atoms with E-state index in [9.17, 15) is 4.39 Å². The average molecular weight is 454 g/mol. The number of benzene rings is 2. The lowest BCUT2D eigenvalue weighted by molar-refractivity contribution is 0.122. The van der Waals surface area contributed by atoms with Crippen molar-refractivity contribution in [2.45, 2.75) is 32.1 Å². The maximum atomic E-state index is 14.5. The van der Waals surface area contributed by atoms with E-state index in [1.807, 2.05) is 15.3 Å². The van der Waals surface area contributed by atoms with E-state index in [4.69, 9.17) is 22.1 Å². The van der Waals surface area contributed by atoms with Crippen LogP contribution in [0.3, 0.4) is 0 Å². The average Bonchev–Trinajstić information content (AvgIpc) is 3.59. The Morgan fingerprint density at radius 1 is 1.09 bits per heavy atom. The molecular weight excluding hydrogens is 425 g/mol. The minimum Gasteiger partial charge on any atom is -0.378 e. The van der Waals surface area contributed by atoms with Gasteiger partial charge in [0.25, 0.3) is 0 Å². The number of rotatable bonds is 7. The van der Waals surface area contributed by atoms with Crippen molar-refractivity contribution in [3.63, 3.8) is 0 Å². The first-order chi connectivity index (χ1) is 15.6. The molecule has 32 heavy (non-hydrogen) atoms. The third kappa shape index (κ3) is 4.48. The standard InChI is InChI=1S/C24H28FN5OS/c1-27(16-18-6-8-19(9-7-18)28-12-14-31-15-13-28)17-29-24(32)30(20-10-11-20)23(26-29)21-4-2-3-5-22(21)25/h2-9,20H,10-17H2,1H3. The smallest absolute Gasteiger partial charge is 0.199 e. The van der Waals surface area contributed by atoms with E-state index in [0.717, 1.165) is 45.7 Å². The molecule has 1 aromatic heterocycles.